The van der Waals surface area contributed by atoms with Crippen LogP contribution in [-0.2, 0) is 24.4 Å². The van der Waals surface area contributed by atoms with E-state index in [1.807, 2.05) is 0 Å². The van der Waals surface area contributed by atoms with Crippen LogP contribution in [0.4, 0.5) is 4.79 Å². The number of amides is 1. The van der Waals surface area contributed by atoms with Gasteiger partial charge in [0, 0.05) is 6.54 Å². The molecule has 0 saturated carbocycles. The van der Waals surface area contributed by atoms with Gasteiger partial charge < -0.3 is 19.0 Å². The zero-order chi connectivity index (χ0) is 24.9. The van der Waals surface area contributed by atoms with Gasteiger partial charge in [-0.2, -0.15) is 8.42 Å². The highest BCUT2D eigenvalue weighted by Gasteiger charge is 2.29. The van der Waals surface area contributed by atoms with Crippen molar-refractivity contribution in [2.24, 2.45) is 0 Å². The van der Waals surface area contributed by atoms with Crippen molar-refractivity contribution >= 4 is 22.2 Å². The predicted octanol–water partition coefficient (Wildman–Crippen LogP) is 4.40. The Kier molecular flexibility index (Phi) is 8.13. The van der Waals surface area contributed by atoms with Gasteiger partial charge in [-0.1, -0.05) is 30.3 Å². The zero-order valence-corrected chi connectivity index (χ0v) is 20.6. The van der Waals surface area contributed by atoms with Crippen molar-refractivity contribution in [3.8, 4) is 5.75 Å². The van der Waals surface area contributed by atoms with E-state index in [1.165, 1.54) is 24.3 Å². The fraction of sp³-hybridized carbons (Fsp3) is 0.417. The summed E-state index contributed by atoms with van der Waals surface area (Å²) in [6, 6.07) is 13.8. The van der Waals surface area contributed by atoms with Gasteiger partial charge >= 0.3 is 22.2 Å². The number of ether oxygens (including phenoxy) is 2. The second kappa shape index (κ2) is 10.2. The maximum atomic E-state index is 12.9. The van der Waals surface area contributed by atoms with Crippen LogP contribution in [0.5, 0.6) is 5.75 Å². The third-order valence-corrected chi connectivity index (χ3v) is 5.30. The molecule has 0 bridgehead atoms. The number of alkyl carbamates (subject to hydrolysis) is 1. The molecule has 1 unspecified atom stereocenters. The van der Waals surface area contributed by atoms with Gasteiger partial charge in [0.2, 0.25) is 0 Å². The van der Waals surface area contributed by atoms with E-state index in [9.17, 15) is 18.0 Å². The van der Waals surface area contributed by atoms with Crippen molar-refractivity contribution in [1.29, 1.82) is 0 Å². The number of hydrogen-bond acceptors (Lipinski definition) is 7. The molecule has 180 valence electrons. The van der Waals surface area contributed by atoms with E-state index in [0.717, 1.165) is 0 Å². The van der Waals surface area contributed by atoms with E-state index in [4.69, 9.17) is 13.7 Å². The number of carbonyl (C=O) groups excluding carboxylic acids is 2. The first-order valence-corrected chi connectivity index (χ1v) is 11.9. The quantitative estimate of drug-likeness (QED) is 0.465. The lowest BCUT2D eigenvalue weighted by atomic mass is 9.98. The minimum absolute atomic E-state index is 0.00527. The van der Waals surface area contributed by atoms with E-state index in [-0.39, 0.29) is 17.2 Å². The Morgan fingerprint density at radius 1 is 0.879 bits per heavy atom. The third kappa shape index (κ3) is 8.76. The monoisotopic (exact) mass is 477 g/mol. The van der Waals surface area contributed by atoms with Crippen LogP contribution in [0.15, 0.2) is 59.5 Å². The van der Waals surface area contributed by atoms with Crippen LogP contribution in [0.3, 0.4) is 0 Å². The van der Waals surface area contributed by atoms with Crippen LogP contribution in [0.1, 0.15) is 53.0 Å². The number of carbonyl (C=O) groups is 2. The molecule has 0 spiro atoms. The first-order valence-electron chi connectivity index (χ1n) is 10.5. The van der Waals surface area contributed by atoms with Crippen molar-refractivity contribution in [1.82, 2.24) is 5.32 Å². The Bertz CT molecular complexity index is 1070. The van der Waals surface area contributed by atoms with Crippen LogP contribution in [-0.4, -0.2) is 38.2 Å². The number of nitrogens with one attached hydrogen (secondary N) is 1. The molecule has 1 amide bonds. The zero-order valence-electron chi connectivity index (χ0n) is 19.7. The molecular weight excluding hydrogens is 446 g/mol. The summed E-state index contributed by atoms with van der Waals surface area (Å²) >= 11 is 0. The molecule has 33 heavy (non-hydrogen) atoms. The van der Waals surface area contributed by atoms with Crippen LogP contribution >= 0.6 is 0 Å². The summed E-state index contributed by atoms with van der Waals surface area (Å²) in [6.07, 6.45) is -0.685. The summed E-state index contributed by atoms with van der Waals surface area (Å²) in [4.78, 5) is 25.0. The standard InChI is InChI=1S/C24H31NO7S/c1-23(2,3)30-21(26)20(16-25-22(27)31-24(4,5)6)17-11-10-12-18(15-17)32-33(28,29)19-13-8-7-9-14-19/h7-15,20H,16H2,1-6H3,(H,25,27). The molecule has 0 aromatic heterocycles. The van der Waals surface area contributed by atoms with E-state index >= 15 is 0 Å². The second-order valence-electron chi connectivity index (χ2n) is 9.39. The fourth-order valence-electron chi connectivity index (χ4n) is 2.75. The summed E-state index contributed by atoms with van der Waals surface area (Å²) in [5, 5.41) is 2.58. The molecule has 1 N–H and O–H groups in total. The molecule has 0 aliphatic rings. The predicted molar refractivity (Wildman–Crippen MR) is 124 cm³/mol. The van der Waals surface area contributed by atoms with Gasteiger partial charge in [0.15, 0.2) is 0 Å². The van der Waals surface area contributed by atoms with Crippen molar-refractivity contribution in [3.05, 3.63) is 60.2 Å². The molecule has 2 aromatic rings. The van der Waals surface area contributed by atoms with Crippen molar-refractivity contribution in [3.63, 3.8) is 0 Å². The Labute approximate surface area is 195 Å². The average Bonchev–Trinajstić information content (AvgIpc) is 2.66. The topological polar surface area (TPSA) is 108 Å². The van der Waals surface area contributed by atoms with Gasteiger partial charge in [0.1, 0.15) is 21.8 Å². The maximum absolute atomic E-state index is 12.9. The van der Waals surface area contributed by atoms with E-state index in [2.05, 4.69) is 5.32 Å². The number of esters is 1. The Morgan fingerprint density at radius 3 is 2.06 bits per heavy atom. The molecule has 0 aliphatic carbocycles. The van der Waals surface area contributed by atoms with E-state index in [1.54, 1.807) is 71.9 Å². The normalized spacial score (nSPS) is 13.0. The molecule has 0 saturated heterocycles. The summed E-state index contributed by atoms with van der Waals surface area (Å²) < 4.78 is 41.1. The van der Waals surface area contributed by atoms with Gasteiger partial charge in [-0.15, -0.1) is 0 Å². The Hall–Kier alpha value is -3.07. The minimum atomic E-state index is -4.06. The molecule has 0 fully saturated rings. The van der Waals surface area contributed by atoms with E-state index in [0.29, 0.717) is 5.56 Å². The summed E-state index contributed by atoms with van der Waals surface area (Å²) in [7, 11) is -4.06. The molecule has 9 heteroatoms. The van der Waals surface area contributed by atoms with E-state index < -0.39 is 39.3 Å². The summed E-state index contributed by atoms with van der Waals surface area (Å²) in [6.45, 7) is 10.3. The highest BCUT2D eigenvalue weighted by molar-refractivity contribution is 7.87. The van der Waals surface area contributed by atoms with Crippen LogP contribution < -0.4 is 9.50 Å². The molecule has 2 rings (SSSR count). The first-order chi connectivity index (χ1) is 15.2. The largest absolute Gasteiger partial charge is 0.459 e. The molecular formula is C24H31NO7S. The Morgan fingerprint density at radius 2 is 1.48 bits per heavy atom. The molecule has 0 aliphatic heterocycles. The van der Waals surface area contributed by atoms with Crippen LogP contribution in [0.2, 0.25) is 0 Å². The lowest BCUT2D eigenvalue weighted by Gasteiger charge is -2.25. The molecule has 0 radical (unpaired) electrons. The van der Waals surface area contributed by atoms with Gasteiger partial charge in [-0.3, -0.25) is 4.79 Å². The van der Waals surface area contributed by atoms with Crippen LogP contribution in [0, 0.1) is 0 Å². The van der Waals surface area contributed by atoms with Gasteiger partial charge in [-0.25, -0.2) is 4.79 Å². The highest BCUT2D eigenvalue weighted by atomic mass is 32.2. The smallest absolute Gasteiger partial charge is 0.407 e. The number of rotatable bonds is 7. The van der Waals surface area contributed by atoms with Crippen LogP contribution in [0.25, 0.3) is 0 Å². The fourth-order valence-corrected chi connectivity index (χ4v) is 3.70. The van der Waals surface area contributed by atoms with Crippen molar-refractivity contribution in [2.45, 2.75) is 63.6 Å². The SMILES string of the molecule is CC(C)(C)OC(=O)NCC(C(=O)OC(C)(C)C)c1cccc(OS(=O)(=O)c2ccccc2)c1. The van der Waals surface area contributed by atoms with Gasteiger partial charge in [-0.05, 0) is 71.4 Å². The molecule has 1 atom stereocenters. The van der Waals surface area contributed by atoms with Gasteiger partial charge in [0.05, 0.1) is 5.92 Å². The number of hydrogen-bond donors (Lipinski definition) is 1. The minimum Gasteiger partial charge on any atom is -0.459 e. The number of benzene rings is 2. The lowest BCUT2D eigenvalue weighted by Crippen LogP contribution is -2.38. The Balaban J connectivity index is 2.29. The molecule has 8 nitrogen and oxygen atoms in total. The first kappa shape index (κ1) is 26.2. The van der Waals surface area contributed by atoms with Gasteiger partial charge in [0.25, 0.3) is 0 Å². The summed E-state index contributed by atoms with van der Waals surface area (Å²) in [5.41, 5.74) is -1.04. The average molecular weight is 478 g/mol. The third-order valence-electron chi connectivity index (χ3n) is 4.04. The van der Waals surface area contributed by atoms with Crippen molar-refractivity contribution in [2.75, 3.05) is 6.54 Å². The summed E-state index contributed by atoms with van der Waals surface area (Å²) in [5.74, 6) is -1.47. The molecule has 0 heterocycles. The highest BCUT2D eigenvalue weighted by Crippen LogP contribution is 2.26. The second-order valence-corrected chi connectivity index (χ2v) is 10.9. The maximum Gasteiger partial charge on any atom is 0.407 e. The van der Waals surface area contributed by atoms with Crippen molar-refractivity contribution < 1.29 is 31.7 Å². The molecule has 2 aromatic carbocycles. The lowest BCUT2D eigenvalue weighted by molar-refractivity contribution is -0.156.